The van der Waals surface area contributed by atoms with Crippen molar-refractivity contribution in [2.24, 2.45) is 17.4 Å². The number of benzene rings is 2. The monoisotopic (exact) mass is 938 g/mol. The highest BCUT2D eigenvalue weighted by atomic mass is 32.2. The molecule has 0 radical (unpaired) electrons. The van der Waals surface area contributed by atoms with Crippen LogP contribution in [0.3, 0.4) is 0 Å². The molecule has 0 aliphatic rings. The number of nitrogens with two attached hydrogens (primary N) is 2. The standard InChI is InChI=1S/C43H58N10O12S/c1-23(2)15-31(40(62)53-34(20-36(57)58)43(65)49-30(37(45)59)19-35(55)56)50-42(64)33(18-26-21-46-22-47-26)52-41(63)32(17-24-7-5-4-6-8-24)51-39(61)29(13-14-66-3)48-38(60)28(44)16-25-9-11-27(54)12-10-25/h4-12,21-23,28-34,54H,13-20,44H2,1-3H3,(H2,45,59)(H,46,47)(H,48,60)(H,49,65)(H,50,64)(H,51,61)(H,52,63)(H,53,62)(H,55,56)(H,57,58)/t28-,29+,30-,31-,32-,33-,34-/m0/s1. The number of aromatic amines is 1. The van der Waals surface area contributed by atoms with E-state index in [1.807, 2.05) is 11.6 Å². The predicted molar refractivity (Wildman–Crippen MR) is 240 cm³/mol. The van der Waals surface area contributed by atoms with E-state index in [9.17, 15) is 53.4 Å². The average molecular weight is 939 g/mol. The number of aromatic nitrogens is 2. The number of phenols is 1. The second-order valence-corrected chi connectivity index (χ2v) is 16.8. The van der Waals surface area contributed by atoms with E-state index in [0.29, 0.717) is 22.6 Å². The summed E-state index contributed by atoms with van der Waals surface area (Å²) in [4.78, 5) is 124. The van der Waals surface area contributed by atoms with Crippen LogP contribution in [-0.4, -0.2) is 133 Å². The van der Waals surface area contributed by atoms with Crippen molar-refractivity contribution in [2.75, 3.05) is 12.0 Å². The molecule has 0 saturated carbocycles. The van der Waals surface area contributed by atoms with Gasteiger partial charge in [0.15, 0.2) is 0 Å². The summed E-state index contributed by atoms with van der Waals surface area (Å²) < 4.78 is 0. The quantitative estimate of drug-likeness (QED) is 0.0399. The summed E-state index contributed by atoms with van der Waals surface area (Å²) in [6.45, 7) is 3.44. The van der Waals surface area contributed by atoms with Crippen LogP contribution in [-0.2, 0) is 62.4 Å². The molecular weight excluding hydrogens is 881 g/mol. The molecule has 1 heterocycles. The van der Waals surface area contributed by atoms with Crippen LogP contribution in [0.2, 0.25) is 0 Å². The second-order valence-electron chi connectivity index (χ2n) is 15.8. The number of carbonyl (C=O) groups is 9. The number of amides is 7. The lowest BCUT2D eigenvalue weighted by Crippen LogP contribution is -2.61. The smallest absolute Gasteiger partial charge is 0.305 e. The highest BCUT2D eigenvalue weighted by molar-refractivity contribution is 7.98. The molecule has 23 heteroatoms. The summed E-state index contributed by atoms with van der Waals surface area (Å²) in [6, 6.07) is 4.83. The molecule has 358 valence electrons. The van der Waals surface area contributed by atoms with Gasteiger partial charge in [-0.1, -0.05) is 56.3 Å². The summed E-state index contributed by atoms with van der Waals surface area (Å²) in [7, 11) is 0. The number of aromatic hydroxyl groups is 1. The summed E-state index contributed by atoms with van der Waals surface area (Å²) in [5.41, 5.74) is 13.1. The lowest BCUT2D eigenvalue weighted by Gasteiger charge is -2.28. The molecule has 0 spiro atoms. The number of carbonyl (C=O) groups excluding carboxylic acids is 7. The number of primary amides is 1. The Bertz CT molecular complexity index is 2130. The number of aliphatic carboxylic acids is 2. The fourth-order valence-electron chi connectivity index (χ4n) is 6.49. The van der Waals surface area contributed by atoms with Gasteiger partial charge < -0.3 is 63.7 Å². The van der Waals surface area contributed by atoms with Crippen LogP contribution < -0.4 is 43.4 Å². The molecule has 7 atom stereocenters. The molecule has 1 aromatic heterocycles. The van der Waals surface area contributed by atoms with Crippen LogP contribution in [0.5, 0.6) is 5.75 Å². The molecule has 0 fully saturated rings. The van der Waals surface area contributed by atoms with Gasteiger partial charge in [0.05, 0.1) is 25.2 Å². The van der Waals surface area contributed by atoms with Gasteiger partial charge in [-0.2, -0.15) is 11.8 Å². The first kappa shape index (κ1) is 53.3. The minimum atomic E-state index is -1.85. The van der Waals surface area contributed by atoms with Crippen LogP contribution in [0.15, 0.2) is 67.1 Å². The Labute approximate surface area is 384 Å². The Balaban J connectivity index is 1.90. The maximum absolute atomic E-state index is 14.3. The van der Waals surface area contributed by atoms with Gasteiger partial charge in [0.1, 0.15) is 42.0 Å². The molecular formula is C43H58N10O12S. The van der Waals surface area contributed by atoms with Gasteiger partial charge in [-0.3, -0.25) is 43.2 Å². The molecule has 0 aliphatic carbocycles. The van der Waals surface area contributed by atoms with E-state index in [1.165, 1.54) is 36.4 Å². The molecule has 14 N–H and O–H groups in total. The lowest BCUT2D eigenvalue weighted by molar-refractivity contribution is -0.143. The van der Waals surface area contributed by atoms with Crippen LogP contribution in [0.25, 0.3) is 0 Å². The number of imidazole rings is 1. The van der Waals surface area contributed by atoms with E-state index >= 15 is 0 Å². The van der Waals surface area contributed by atoms with Crippen molar-refractivity contribution in [3.63, 3.8) is 0 Å². The normalized spacial score (nSPS) is 14.2. The number of carboxylic acid groups (broad SMARTS) is 2. The van der Waals surface area contributed by atoms with E-state index in [0.717, 1.165) is 0 Å². The highest BCUT2D eigenvalue weighted by Crippen LogP contribution is 2.13. The predicted octanol–water partition coefficient (Wildman–Crippen LogP) is -1.39. The van der Waals surface area contributed by atoms with Crippen molar-refractivity contribution < 1.29 is 58.5 Å². The maximum atomic E-state index is 14.3. The number of hydrogen-bond acceptors (Lipinski definition) is 13. The van der Waals surface area contributed by atoms with Gasteiger partial charge >= 0.3 is 11.9 Å². The maximum Gasteiger partial charge on any atom is 0.305 e. The Hall–Kier alpha value is -7.01. The van der Waals surface area contributed by atoms with Crippen LogP contribution >= 0.6 is 11.8 Å². The third kappa shape index (κ3) is 18.6. The number of rotatable bonds is 28. The van der Waals surface area contributed by atoms with Crippen LogP contribution in [0, 0.1) is 5.92 Å². The first-order valence-corrected chi connectivity index (χ1v) is 22.2. The molecule has 0 aliphatic heterocycles. The van der Waals surface area contributed by atoms with E-state index in [1.54, 1.807) is 56.3 Å². The average Bonchev–Trinajstić information content (AvgIpc) is 3.77. The molecule has 3 rings (SSSR count). The summed E-state index contributed by atoms with van der Waals surface area (Å²) in [5.74, 6) is -9.37. The number of hydrogen-bond donors (Lipinski definition) is 12. The van der Waals surface area contributed by atoms with Crippen molar-refractivity contribution in [1.29, 1.82) is 0 Å². The first-order valence-electron chi connectivity index (χ1n) is 20.8. The SMILES string of the molecule is CSCC[C@@H](NC(=O)[C@@H](N)Cc1ccc(O)cc1)C(=O)N[C@@H](Cc1ccccc1)C(=O)N[C@@H](Cc1cnc[nH]1)C(=O)N[C@@H](CC(C)C)C(=O)N[C@@H](CC(=O)O)C(=O)N[C@@H](CC(=O)O)C(N)=O. The van der Waals surface area contributed by atoms with Crippen LogP contribution in [0.1, 0.15) is 56.4 Å². The number of nitrogens with zero attached hydrogens (tertiary/aromatic N) is 1. The second kappa shape index (κ2) is 26.7. The minimum absolute atomic E-state index is 0.0396. The van der Waals surface area contributed by atoms with Crippen molar-refractivity contribution in [1.82, 2.24) is 41.9 Å². The van der Waals surface area contributed by atoms with Gasteiger partial charge in [0.25, 0.3) is 0 Å². The zero-order chi connectivity index (χ0) is 48.9. The van der Waals surface area contributed by atoms with Gasteiger partial charge in [-0.15, -0.1) is 0 Å². The topological polar surface area (TPSA) is 367 Å². The zero-order valence-electron chi connectivity index (χ0n) is 36.7. The molecule has 66 heavy (non-hydrogen) atoms. The number of H-pyrrole nitrogens is 1. The Morgan fingerprint density at radius 2 is 1.12 bits per heavy atom. The highest BCUT2D eigenvalue weighted by Gasteiger charge is 2.35. The fraction of sp³-hybridized carbons (Fsp3) is 0.442. The van der Waals surface area contributed by atoms with Crippen molar-refractivity contribution in [2.45, 2.75) is 101 Å². The van der Waals surface area contributed by atoms with Crippen molar-refractivity contribution in [3.8, 4) is 5.75 Å². The molecule has 0 unspecified atom stereocenters. The van der Waals surface area contributed by atoms with Gasteiger partial charge in [-0.25, -0.2) is 4.98 Å². The number of thioether (sulfide) groups is 1. The first-order chi connectivity index (χ1) is 31.3. The molecule has 0 bridgehead atoms. The summed E-state index contributed by atoms with van der Waals surface area (Å²) in [5, 5.41) is 43.3. The molecule has 22 nitrogen and oxygen atoms in total. The molecule has 7 amide bonds. The van der Waals surface area contributed by atoms with Gasteiger partial charge in [0, 0.05) is 24.7 Å². The third-order valence-corrected chi connectivity index (χ3v) is 10.5. The van der Waals surface area contributed by atoms with Gasteiger partial charge in [0.2, 0.25) is 41.4 Å². The lowest BCUT2D eigenvalue weighted by atomic mass is 10.0. The van der Waals surface area contributed by atoms with Crippen molar-refractivity contribution in [3.05, 3.63) is 83.9 Å². The van der Waals surface area contributed by atoms with E-state index in [-0.39, 0.29) is 43.8 Å². The van der Waals surface area contributed by atoms with Crippen LogP contribution in [0.4, 0.5) is 0 Å². The fourth-order valence-corrected chi connectivity index (χ4v) is 6.96. The Morgan fingerprint density at radius 3 is 1.67 bits per heavy atom. The van der Waals surface area contributed by atoms with E-state index in [4.69, 9.17) is 16.6 Å². The molecule has 0 saturated heterocycles. The third-order valence-electron chi connectivity index (χ3n) is 9.89. The number of phenolic OH excluding ortho intramolecular Hbond substituents is 1. The molecule has 2 aromatic carbocycles. The van der Waals surface area contributed by atoms with Gasteiger partial charge in [-0.05, 0) is 60.4 Å². The Kier molecular flexibility index (Phi) is 21.6. The number of carboxylic acids is 2. The summed E-state index contributed by atoms with van der Waals surface area (Å²) in [6.07, 6.45) is 2.58. The van der Waals surface area contributed by atoms with E-state index in [2.05, 4.69) is 36.6 Å². The van der Waals surface area contributed by atoms with Crippen molar-refractivity contribution >= 4 is 65.1 Å². The van der Waals surface area contributed by atoms with E-state index < -0.39 is 108 Å². The Morgan fingerprint density at radius 1 is 0.636 bits per heavy atom. The minimum Gasteiger partial charge on any atom is -0.508 e. The number of nitrogens with one attached hydrogen (secondary N) is 7. The summed E-state index contributed by atoms with van der Waals surface area (Å²) >= 11 is 1.42. The molecule has 3 aromatic rings. The zero-order valence-corrected chi connectivity index (χ0v) is 37.5. The largest absolute Gasteiger partial charge is 0.508 e.